The van der Waals surface area contributed by atoms with E-state index < -0.39 is 15.0 Å². The molecule has 2 nitrogen and oxygen atoms in total. The standard InChI is InChI=1S/C9H9ClF2O2S/c1-9(11,12)8-4-2-7(3-5-8)6-15(10,13)14/h2-5H,6H2,1H3. The number of rotatable bonds is 3. The predicted octanol–water partition coefficient (Wildman–Crippen LogP) is 2.87. The monoisotopic (exact) mass is 254 g/mol. The first kappa shape index (κ1) is 12.4. The molecule has 0 fully saturated rings. The molecule has 0 aliphatic carbocycles. The molecule has 1 aromatic rings. The van der Waals surface area contributed by atoms with Gasteiger partial charge in [0, 0.05) is 23.2 Å². The Morgan fingerprint density at radius 1 is 1.27 bits per heavy atom. The molecule has 0 unspecified atom stereocenters. The minimum atomic E-state index is -3.64. The van der Waals surface area contributed by atoms with Gasteiger partial charge < -0.3 is 0 Å². The normalized spacial score (nSPS) is 12.8. The topological polar surface area (TPSA) is 34.1 Å². The van der Waals surface area contributed by atoms with Crippen molar-refractivity contribution in [2.45, 2.75) is 18.6 Å². The highest BCUT2D eigenvalue weighted by Crippen LogP contribution is 2.27. The van der Waals surface area contributed by atoms with Crippen LogP contribution in [0.15, 0.2) is 24.3 Å². The maximum Gasteiger partial charge on any atom is 0.270 e. The van der Waals surface area contributed by atoms with Gasteiger partial charge in [-0.15, -0.1) is 0 Å². The van der Waals surface area contributed by atoms with Crippen molar-refractivity contribution in [1.82, 2.24) is 0 Å². The summed E-state index contributed by atoms with van der Waals surface area (Å²) >= 11 is 0. The summed E-state index contributed by atoms with van der Waals surface area (Å²) in [5.74, 6) is -3.28. The van der Waals surface area contributed by atoms with E-state index in [4.69, 9.17) is 10.7 Å². The molecule has 1 rings (SSSR count). The molecule has 1 aromatic carbocycles. The van der Waals surface area contributed by atoms with Crippen molar-refractivity contribution in [3.05, 3.63) is 35.4 Å². The molecule has 0 amide bonds. The lowest BCUT2D eigenvalue weighted by molar-refractivity contribution is 0.0174. The van der Waals surface area contributed by atoms with Crippen LogP contribution in [0.2, 0.25) is 0 Å². The third kappa shape index (κ3) is 4.13. The van der Waals surface area contributed by atoms with Gasteiger partial charge in [0.1, 0.15) is 0 Å². The van der Waals surface area contributed by atoms with E-state index in [2.05, 4.69) is 0 Å². The van der Waals surface area contributed by atoms with Gasteiger partial charge >= 0.3 is 0 Å². The van der Waals surface area contributed by atoms with E-state index in [9.17, 15) is 17.2 Å². The minimum absolute atomic E-state index is 0.154. The zero-order valence-electron chi connectivity index (χ0n) is 7.88. The molecular weight excluding hydrogens is 246 g/mol. The van der Waals surface area contributed by atoms with Gasteiger partial charge in [-0.3, -0.25) is 0 Å². The van der Waals surface area contributed by atoms with Crippen LogP contribution in [0.3, 0.4) is 0 Å². The first-order chi connectivity index (χ1) is 6.68. The fourth-order valence-corrected chi connectivity index (χ4v) is 2.06. The van der Waals surface area contributed by atoms with Crippen LogP contribution in [0, 0.1) is 0 Å². The summed E-state index contributed by atoms with van der Waals surface area (Å²) in [6.45, 7) is 0.778. The maximum atomic E-state index is 12.8. The summed E-state index contributed by atoms with van der Waals surface area (Å²) in [4.78, 5) is 0. The Labute approximate surface area is 91.3 Å². The largest absolute Gasteiger partial charge is 0.270 e. The summed E-state index contributed by atoms with van der Waals surface area (Å²) in [5.41, 5.74) is 0.233. The quantitative estimate of drug-likeness (QED) is 0.778. The number of alkyl halides is 2. The van der Waals surface area contributed by atoms with Crippen LogP contribution in [0.4, 0.5) is 8.78 Å². The van der Waals surface area contributed by atoms with Gasteiger partial charge in [-0.1, -0.05) is 24.3 Å². The first-order valence-corrected chi connectivity index (χ1v) is 6.56. The summed E-state index contributed by atoms with van der Waals surface area (Å²) in [5, 5.41) is 0. The smallest absolute Gasteiger partial charge is 0.212 e. The molecule has 0 atom stereocenters. The number of halogens is 3. The summed E-state index contributed by atoms with van der Waals surface area (Å²) in [6, 6.07) is 5.04. The molecule has 0 aliphatic rings. The second-order valence-electron chi connectivity index (χ2n) is 3.27. The average molecular weight is 255 g/mol. The zero-order chi connectivity index (χ0) is 11.7. The Kier molecular flexibility index (Phi) is 3.35. The first-order valence-electron chi connectivity index (χ1n) is 4.08. The molecule has 0 N–H and O–H groups in total. The third-order valence-electron chi connectivity index (χ3n) is 1.80. The third-order valence-corrected chi connectivity index (χ3v) is 2.81. The molecule has 0 bridgehead atoms. The lowest BCUT2D eigenvalue weighted by Crippen LogP contribution is -2.06. The molecule has 0 heterocycles. The van der Waals surface area contributed by atoms with Crippen molar-refractivity contribution in [2.24, 2.45) is 0 Å². The molecule has 6 heteroatoms. The highest BCUT2D eigenvalue weighted by Gasteiger charge is 2.23. The van der Waals surface area contributed by atoms with Crippen LogP contribution < -0.4 is 0 Å². The van der Waals surface area contributed by atoms with Crippen LogP contribution in [0.5, 0.6) is 0 Å². The Morgan fingerprint density at radius 3 is 2.07 bits per heavy atom. The number of hydrogen-bond acceptors (Lipinski definition) is 2. The highest BCUT2D eigenvalue weighted by atomic mass is 35.7. The lowest BCUT2D eigenvalue weighted by atomic mass is 10.1. The predicted molar refractivity (Wildman–Crippen MR) is 54.5 cm³/mol. The van der Waals surface area contributed by atoms with Gasteiger partial charge in [0.2, 0.25) is 9.05 Å². The second-order valence-corrected chi connectivity index (χ2v) is 6.05. The van der Waals surface area contributed by atoms with Crippen LogP contribution in [0.1, 0.15) is 18.1 Å². The summed E-state index contributed by atoms with van der Waals surface area (Å²) < 4.78 is 47.0. The SMILES string of the molecule is CC(F)(F)c1ccc(CS(=O)(=O)Cl)cc1. The van der Waals surface area contributed by atoms with Gasteiger partial charge in [0.25, 0.3) is 5.92 Å². The molecule has 0 saturated heterocycles. The Hall–Kier alpha value is -0.680. The maximum absolute atomic E-state index is 12.8. The van der Waals surface area contributed by atoms with Crippen LogP contribution in [-0.2, 0) is 20.7 Å². The highest BCUT2D eigenvalue weighted by molar-refractivity contribution is 8.13. The van der Waals surface area contributed by atoms with Gasteiger partial charge in [-0.2, -0.15) is 0 Å². The fourth-order valence-electron chi connectivity index (χ4n) is 1.09. The Bertz CT molecular complexity index is 434. The van der Waals surface area contributed by atoms with Crippen LogP contribution >= 0.6 is 10.7 Å². The van der Waals surface area contributed by atoms with E-state index >= 15 is 0 Å². The van der Waals surface area contributed by atoms with Gasteiger partial charge in [-0.05, 0) is 5.56 Å². The van der Waals surface area contributed by atoms with E-state index in [0.717, 1.165) is 6.92 Å². The van der Waals surface area contributed by atoms with Crippen molar-refractivity contribution < 1.29 is 17.2 Å². The van der Waals surface area contributed by atoms with Crippen molar-refractivity contribution in [2.75, 3.05) is 0 Å². The molecule has 0 spiro atoms. The van der Waals surface area contributed by atoms with Crippen molar-refractivity contribution in [3.8, 4) is 0 Å². The molecule has 0 aliphatic heterocycles. The van der Waals surface area contributed by atoms with Crippen LogP contribution in [0.25, 0.3) is 0 Å². The van der Waals surface area contributed by atoms with Crippen molar-refractivity contribution in [1.29, 1.82) is 0 Å². The minimum Gasteiger partial charge on any atom is -0.212 e. The molecule has 0 aromatic heterocycles. The molecule has 0 radical (unpaired) electrons. The van der Waals surface area contributed by atoms with E-state index in [-0.39, 0.29) is 11.3 Å². The molecule has 15 heavy (non-hydrogen) atoms. The van der Waals surface area contributed by atoms with Crippen LogP contribution in [-0.4, -0.2) is 8.42 Å². The number of benzene rings is 1. The fraction of sp³-hybridized carbons (Fsp3) is 0.333. The summed E-state index contributed by atoms with van der Waals surface area (Å²) in [7, 11) is 1.38. The zero-order valence-corrected chi connectivity index (χ0v) is 9.45. The molecule has 0 saturated carbocycles. The molecular formula is C9H9ClF2O2S. The van der Waals surface area contributed by atoms with Crippen molar-refractivity contribution in [3.63, 3.8) is 0 Å². The Balaban J connectivity index is 2.91. The average Bonchev–Trinajstić information content (AvgIpc) is 2.00. The van der Waals surface area contributed by atoms with E-state index in [1.807, 2.05) is 0 Å². The van der Waals surface area contributed by atoms with Crippen molar-refractivity contribution >= 4 is 19.7 Å². The Morgan fingerprint density at radius 2 is 1.73 bits per heavy atom. The number of hydrogen-bond donors (Lipinski definition) is 0. The summed E-state index contributed by atoms with van der Waals surface area (Å²) in [6.07, 6.45) is 0. The second kappa shape index (κ2) is 4.06. The van der Waals surface area contributed by atoms with E-state index in [0.29, 0.717) is 5.56 Å². The van der Waals surface area contributed by atoms with Gasteiger partial charge in [0.15, 0.2) is 0 Å². The van der Waals surface area contributed by atoms with E-state index in [1.165, 1.54) is 24.3 Å². The molecule has 84 valence electrons. The lowest BCUT2D eigenvalue weighted by Gasteiger charge is -2.10. The van der Waals surface area contributed by atoms with E-state index in [1.54, 1.807) is 0 Å². The van der Waals surface area contributed by atoms with Gasteiger partial charge in [0.05, 0.1) is 5.75 Å². The van der Waals surface area contributed by atoms with Gasteiger partial charge in [-0.25, -0.2) is 17.2 Å².